The lowest BCUT2D eigenvalue weighted by Gasteiger charge is -2.26. The quantitative estimate of drug-likeness (QED) is 0.838. The van der Waals surface area contributed by atoms with Gasteiger partial charge >= 0.3 is 6.03 Å². The second-order valence-electron chi connectivity index (χ2n) is 4.33. The Bertz CT molecular complexity index is 397. The highest BCUT2D eigenvalue weighted by atomic mass is 16.5. The third-order valence-corrected chi connectivity index (χ3v) is 2.94. The van der Waals surface area contributed by atoms with Gasteiger partial charge in [-0.1, -0.05) is 12.1 Å². The Morgan fingerprint density at radius 3 is 2.50 bits per heavy atom. The number of carbonyl (C=O) groups excluding carboxylic acids is 1. The van der Waals surface area contributed by atoms with E-state index in [4.69, 9.17) is 4.74 Å². The highest BCUT2D eigenvalue weighted by molar-refractivity contribution is 5.89. The molecule has 1 aliphatic rings. The zero-order valence-electron chi connectivity index (χ0n) is 10.4. The molecule has 0 aliphatic carbocycles. The minimum Gasteiger partial charge on any atom is -0.389 e. The number of nitrogens with zero attached hydrogens (tertiary/aromatic N) is 1. The molecule has 1 heterocycles. The molecule has 0 aromatic heterocycles. The number of rotatable bonds is 2. The highest BCUT2D eigenvalue weighted by Gasteiger charge is 2.16. The van der Waals surface area contributed by atoms with Crippen LogP contribution in [0.2, 0.25) is 0 Å². The van der Waals surface area contributed by atoms with Crippen molar-refractivity contribution in [3.05, 3.63) is 29.8 Å². The van der Waals surface area contributed by atoms with Crippen LogP contribution in [0, 0.1) is 0 Å². The summed E-state index contributed by atoms with van der Waals surface area (Å²) in [5, 5.41) is 12.2. The number of nitrogens with one attached hydrogen (secondary N) is 1. The summed E-state index contributed by atoms with van der Waals surface area (Å²) in [5.41, 5.74) is 1.57. The van der Waals surface area contributed by atoms with Gasteiger partial charge in [0.2, 0.25) is 0 Å². The molecule has 1 fully saturated rings. The van der Waals surface area contributed by atoms with Gasteiger partial charge in [-0.25, -0.2) is 4.79 Å². The van der Waals surface area contributed by atoms with Crippen molar-refractivity contribution < 1.29 is 14.6 Å². The number of amides is 2. The van der Waals surface area contributed by atoms with Crippen LogP contribution in [0.5, 0.6) is 0 Å². The van der Waals surface area contributed by atoms with E-state index in [-0.39, 0.29) is 6.03 Å². The van der Waals surface area contributed by atoms with E-state index < -0.39 is 6.10 Å². The van der Waals surface area contributed by atoms with Crippen LogP contribution in [0.3, 0.4) is 0 Å². The Balaban J connectivity index is 1.94. The van der Waals surface area contributed by atoms with Crippen molar-refractivity contribution in [3.63, 3.8) is 0 Å². The molecule has 1 saturated heterocycles. The number of urea groups is 1. The number of aliphatic hydroxyl groups is 1. The minimum absolute atomic E-state index is 0.108. The summed E-state index contributed by atoms with van der Waals surface area (Å²) in [7, 11) is 0. The molecule has 0 bridgehead atoms. The largest absolute Gasteiger partial charge is 0.389 e. The average Bonchev–Trinajstić information content (AvgIpc) is 2.40. The molecule has 0 saturated carbocycles. The van der Waals surface area contributed by atoms with Gasteiger partial charge in [-0.3, -0.25) is 0 Å². The lowest BCUT2D eigenvalue weighted by Crippen LogP contribution is -2.43. The SMILES string of the molecule is CC(O)c1ccc(NC(=O)N2CCOCC2)cc1. The van der Waals surface area contributed by atoms with E-state index in [0.717, 1.165) is 11.3 Å². The van der Waals surface area contributed by atoms with Crippen molar-refractivity contribution in [1.82, 2.24) is 4.90 Å². The normalized spacial score (nSPS) is 17.3. The summed E-state index contributed by atoms with van der Waals surface area (Å²) in [6, 6.07) is 7.09. The van der Waals surface area contributed by atoms with Gasteiger partial charge in [-0.05, 0) is 24.6 Å². The van der Waals surface area contributed by atoms with E-state index in [2.05, 4.69) is 5.32 Å². The number of morpholine rings is 1. The van der Waals surface area contributed by atoms with Crippen molar-refractivity contribution in [2.45, 2.75) is 13.0 Å². The molecule has 2 N–H and O–H groups in total. The van der Waals surface area contributed by atoms with E-state index in [9.17, 15) is 9.90 Å². The molecule has 1 aromatic carbocycles. The number of benzene rings is 1. The molecule has 5 heteroatoms. The van der Waals surface area contributed by atoms with Gasteiger partial charge in [0.15, 0.2) is 0 Å². The van der Waals surface area contributed by atoms with E-state index in [0.29, 0.717) is 26.3 Å². The van der Waals surface area contributed by atoms with Gasteiger partial charge in [-0.15, -0.1) is 0 Å². The van der Waals surface area contributed by atoms with Crippen LogP contribution in [0.4, 0.5) is 10.5 Å². The number of anilines is 1. The van der Waals surface area contributed by atoms with Crippen molar-refractivity contribution in [2.75, 3.05) is 31.6 Å². The lowest BCUT2D eigenvalue weighted by atomic mass is 10.1. The fourth-order valence-corrected chi connectivity index (χ4v) is 1.81. The lowest BCUT2D eigenvalue weighted by molar-refractivity contribution is 0.0564. The first-order valence-electron chi connectivity index (χ1n) is 6.08. The van der Waals surface area contributed by atoms with Crippen LogP contribution in [-0.4, -0.2) is 42.3 Å². The van der Waals surface area contributed by atoms with Crippen LogP contribution >= 0.6 is 0 Å². The topological polar surface area (TPSA) is 61.8 Å². The van der Waals surface area contributed by atoms with Crippen LogP contribution in [0.25, 0.3) is 0 Å². The molecule has 0 radical (unpaired) electrons. The fourth-order valence-electron chi connectivity index (χ4n) is 1.81. The van der Waals surface area contributed by atoms with Crippen molar-refractivity contribution in [1.29, 1.82) is 0 Å². The molecule has 1 aromatic rings. The van der Waals surface area contributed by atoms with Crippen LogP contribution in [0.15, 0.2) is 24.3 Å². The van der Waals surface area contributed by atoms with Gasteiger partial charge in [0.1, 0.15) is 0 Å². The highest BCUT2D eigenvalue weighted by Crippen LogP contribution is 2.16. The summed E-state index contributed by atoms with van der Waals surface area (Å²) >= 11 is 0. The summed E-state index contributed by atoms with van der Waals surface area (Å²) in [6.07, 6.45) is -0.492. The van der Waals surface area contributed by atoms with Gasteiger partial charge in [0.05, 0.1) is 19.3 Å². The Labute approximate surface area is 106 Å². The summed E-state index contributed by atoms with van der Waals surface area (Å²) in [5.74, 6) is 0. The first kappa shape index (κ1) is 12.9. The zero-order chi connectivity index (χ0) is 13.0. The summed E-state index contributed by atoms with van der Waals surface area (Å²) in [4.78, 5) is 13.6. The standard InChI is InChI=1S/C13H18N2O3/c1-10(16)11-2-4-12(5-3-11)14-13(17)15-6-8-18-9-7-15/h2-5,10,16H,6-9H2,1H3,(H,14,17). The maximum atomic E-state index is 11.9. The van der Waals surface area contributed by atoms with Gasteiger partial charge in [-0.2, -0.15) is 0 Å². The summed E-state index contributed by atoms with van der Waals surface area (Å²) < 4.78 is 5.19. The van der Waals surface area contributed by atoms with E-state index in [1.165, 1.54) is 0 Å². The monoisotopic (exact) mass is 250 g/mol. The molecule has 1 aliphatic heterocycles. The van der Waals surface area contributed by atoms with Crippen LogP contribution < -0.4 is 5.32 Å². The molecule has 2 amide bonds. The van der Waals surface area contributed by atoms with Crippen LogP contribution in [0.1, 0.15) is 18.6 Å². The van der Waals surface area contributed by atoms with Gasteiger partial charge in [0, 0.05) is 18.8 Å². The molecule has 5 nitrogen and oxygen atoms in total. The zero-order valence-corrected chi connectivity index (χ0v) is 10.4. The van der Waals surface area contributed by atoms with Gasteiger partial charge < -0.3 is 20.1 Å². The number of hydrogen-bond acceptors (Lipinski definition) is 3. The van der Waals surface area contributed by atoms with Crippen molar-refractivity contribution in [2.24, 2.45) is 0 Å². The summed E-state index contributed by atoms with van der Waals surface area (Å²) in [6.45, 7) is 4.14. The van der Waals surface area contributed by atoms with Crippen LogP contribution in [-0.2, 0) is 4.74 Å². The van der Waals surface area contributed by atoms with E-state index in [1.807, 2.05) is 0 Å². The maximum absolute atomic E-state index is 11.9. The molecule has 18 heavy (non-hydrogen) atoms. The number of carbonyl (C=O) groups is 1. The Kier molecular flexibility index (Phi) is 4.17. The number of ether oxygens (including phenoxy) is 1. The molecular weight excluding hydrogens is 232 g/mol. The predicted octanol–water partition coefficient (Wildman–Crippen LogP) is 1.60. The molecule has 2 rings (SSSR count). The fraction of sp³-hybridized carbons (Fsp3) is 0.462. The van der Waals surface area contributed by atoms with Gasteiger partial charge in [0.25, 0.3) is 0 Å². The first-order valence-corrected chi connectivity index (χ1v) is 6.08. The first-order chi connectivity index (χ1) is 8.66. The van der Waals surface area contributed by atoms with E-state index in [1.54, 1.807) is 36.1 Å². The smallest absolute Gasteiger partial charge is 0.321 e. The Morgan fingerprint density at radius 1 is 1.33 bits per heavy atom. The Hall–Kier alpha value is -1.59. The molecule has 1 atom stereocenters. The maximum Gasteiger partial charge on any atom is 0.321 e. The van der Waals surface area contributed by atoms with Crippen molar-refractivity contribution in [3.8, 4) is 0 Å². The average molecular weight is 250 g/mol. The van der Waals surface area contributed by atoms with E-state index >= 15 is 0 Å². The molecule has 1 unspecified atom stereocenters. The molecule has 98 valence electrons. The Morgan fingerprint density at radius 2 is 1.94 bits per heavy atom. The number of aliphatic hydroxyl groups excluding tert-OH is 1. The third kappa shape index (κ3) is 3.21. The number of hydrogen-bond donors (Lipinski definition) is 2. The predicted molar refractivity (Wildman–Crippen MR) is 68.5 cm³/mol. The second kappa shape index (κ2) is 5.84. The third-order valence-electron chi connectivity index (χ3n) is 2.94. The van der Waals surface area contributed by atoms with Crippen molar-refractivity contribution >= 4 is 11.7 Å². The molecule has 0 spiro atoms. The molecular formula is C13H18N2O3. The second-order valence-corrected chi connectivity index (χ2v) is 4.33. The minimum atomic E-state index is -0.492.